The monoisotopic (exact) mass is 282 g/mol. The highest BCUT2D eigenvalue weighted by Crippen LogP contribution is 2.00. The minimum atomic E-state index is 0.359. The molecule has 0 bridgehead atoms. The van der Waals surface area contributed by atoms with Crippen LogP contribution in [-0.2, 0) is 4.74 Å². The van der Waals surface area contributed by atoms with Gasteiger partial charge in [-0.05, 0) is 26.0 Å². The van der Waals surface area contributed by atoms with E-state index in [1.165, 1.54) is 0 Å². The molecule has 0 amide bonds. The van der Waals surface area contributed by atoms with E-state index in [0.29, 0.717) is 9.65 Å². The summed E-state index contributed by atoms with van der Waals surface area (Å²) in [4.78, 5) is 0.717. The van der Waals surface area contributed by atoms with E-state index in [1.54, 1.807) is 12.5 Å². The first kappa shape index (κ1) is 11.2. The zero-order valence-electron chi connectivity index (χ0n) is 6.63. The van der Waals surface area contributed by atoms with Crippen LogP contribution in [0.15, 0.2) is 24.7 Å². The Labute approximate surface area is 84.8 Å². The van der Waals surface area contributed by atoms with E-state index >= 15 is 0 Å². The van der Waals surface area contributed by atoms with E-state index in [-0.39, 0.29) is 0 Å². The predicted octanol–water partition coefficient (Wildman–Crippen LogP) is 3.60. The van der Waals surface area contributed by atoms with Crippen LogP contribution in [0, 0.1) is 0 Å². The molecular formula is C8H12Br2O. The smallest absolute Gasteiger partial charge is 0.0872 e. The molecule has 0 aromatic rings. The highest BCUT2D eigenvalue weighted by atomic mass is 79.9. The first-order valence-electron chi connectivity index (χ1n) is 3.40. The average Bonchev–Trinajstić information content (AvgIpc) is 1.85. The van der Waals surface area contributed by atoms with Gasteiger partial charge in [0, 0.05) is 9.65 Å². The molecule has 0 radical (unpaired) electrons. The van der Waals surface area contributed by atoms with Crippen LogP contribution < -0.4 is 0 Å². The lowest BCUT2D eigenvalue weighted by molar-refractivity contribution is 0.400. The van der Waals surface area contributed by atoms with Crippen LogP contribution in [0.1, 0.15) is 13.8 Å². The van der Waals surface area contributed by atoms with Crippen molar-refractivity contribution in [1.82, 2.24) is 0 Å². The molecule has 0 aromatic carbocycles. The topological polar surface area (TPSA) is 9.23 Å². The highest BCUT2D eigenvalue weighted by Gasteiger charge is 1.85. The van der Waals surface area contributed by atoms with Gasteiger partial charge in [-0.2, -0.15) is 0 Å². The quantitative estimate of drug-likeness (QED) is 0.566. The molecule has 0 aromatic heterocycles. The summed E-state index contributed by atoms with van der Waals surface area (Å²) in [7, 11) is 0. The Bertz CT molecular complexity index is 123. The number of halogens is 2. The standard InChI is InChI=1S/C8H12Br2O/c1-7(9)3-5-11-6-4-8(2)10/h3-8H,1-2H3/b5-3+,6-4+. The zero-order valence-corrected chi connectivity index (χ0v) is 9.80. The van der Waals surface area contributed by atoms with Crippen molar-refractivity contribution in [3.8, 4) is 0 Å². The number of rotatable bonds is 4. The SMILES string of the molecule is CC(Br)/C=C/O/C=C/C(C)Br. The molecule has 0 N–H and O–H groups in total. The maximum Gasteiger partial charge on any atom is 0.0872 e. The van der Waals surface area contributed by atoms with E-state index in [4.69, 9.17) is 4.74 Å². The molecule has 0 rings (SSSR count). The van der Waals surface area contributed by atoms with Gasteiger partial charge >= 0.3 is 0 Å². The summed E-state index contributed by atoms with van der Waals surface area (Å²) < 4.78 is 5.03. The second kappa shape index (κ2) is 6.92. The van der Waals surface area contributed by atoms with E-state index < -0.39 is 0 Å². The highest BCUT2D eigenvalue weighted by molar-refractivity contribution is 9.09. The maximum atomic E-state index is 5.03. The number of hydrogen-bond donors (Lipinski definition) is 0. The summed E-state index contributed by atoms with van der Waals surface area (Å²) in [5.41, 5.74) is 0. The Morgan fingerprint density at radius 3 is 1.64 bits per heavy atom. The molecule has 2 atom stereocenters. The van der Waals surface area contributed by atoms with Crippen LogP contribution in [0.5, 0.6) is 0 Å². The number of allylic oxidation sites excluding steroid dienone is 2. The lowest BCUT2D eigenvalue weighted by Crippen LogP contribution is -1.82. The molecule has 2 unspecified atom stereocenters. The van der Waals surface area contributed by atoms with Crippen molar-refractivity contribution >= 4 is 31.9 Å². The molecule has 1 nitrogen and oxygen atoms in total. The molecule has 0 aliphatic carbocycles. The van der Waals surface area contributed by atoms with Gasteiger partial charge in [0.1, 0.15) is 0 Å². The van der Waals surface area contributed by atoms with Crippen LogP contribution >= 0.6 is 31.9 Å². The molecule has 0 spiro atoms. The van der Waals surface area contributed by atoms with Crippen LogP contribution in [0.25, 0.3) is 0 Å². The molecule has 0 aliphatic heterocycles. The fourth-order valence-corrected chi connectivity index (χ4v) is 0.602. The van der Waals surface area contributed by atoms with Crippen molar-refractivity contribution in [3.63, 3.8) is 0 Å². The first-order chi connectivity index (χ1) is 5.13. The normalized spacial score (nSPS) is 17.5. The number of ether oxygens (including phenoxy) is 1. The molecule has 0 saturated carbocycles. The Hall–Kier alpha value is 0.240. The molecule has 11 heavy (non-hydrogen) atoms. The van der Waals surface area contributed by atoms with Gasteiger partial charge in [-0.3, -0.25) is 0 Å². The van der Waals surface area contributed by atoms with Crippen LogP contribution in [0.4, 0.5) is 0 Å². The summed E-state index contributed by atoms with van der Waals surface area (Å²) >= 11 is 6.71. The molecule has 0 fully saturated rings. The summed E-state index contributed by atoms with van der Waals surface area (Å²) in [6.07, 6.45) is 7.16. The lowest BCUT2D eigenvalue weighted by atomic mass is 10.5. The van der Waals surface area contributed by atoms with Gasteiger partial charge in [-0.1, -0.05) is 31.9 Å². The fraction of sp³-hybridized carbons (Fsp3) is 0.500. The molecule has 0 saturated heterocycles. The van der Waals surface area contributed by atoms with E-state index in [0.717, 1.165) is 0 Å². The van der Waals surface area contributed by atoms with Crippen molar-refractivity contribution in [2.45, 2.75) is 23.5 Å². The summed E-state index contributed by atoms with van der Waals surface area (Å²) in [6, 6.07) is 0. The number of alkyl halides is 2. The van der Waals surface area contributed by atoms with Crippen LogP contribution in [0.3, 0.4) is 0 Å². The van der Waals surface area contributed by atoms with Crippen LogP contribution in [0.2, 0.25) is 0 Å². The van der Waals surface area contributed by atoms with Crippen molar-refractivity contribution in [3.05, 3.63) is 24.7 Å². The average molecular weight is 284 g/mol. The van der Waals surface area contributed by atoms with E-state index in [2.05, 4.69) is 31.9 Å². The molecule has 3 heteroatoms. The lowest BCUT2D eigenvalue weighted by Gasteiger charge is -1.93. The van der Waals surface area contributed by atoms with Gasteiger partial charge < -0.3 is 4.74 Å². The third-order valence-corrected chi connectivity index (χ3v) is 1.46. The van der Waals surface area contributed by atoms with Crippen molar-refractivity contribution in [2.24, 2.45) is 0 Å². The summed E-state index contributed by atoms with van der Waals surface area (Å²) in [5, 5.41) is 0. The van der Waals surface area contributed by atoms with Crippen LogP contribution in [-0.4, -0.2) is 9.65 Å². The molecule has 0 aliphatic rings. The minimum absolute atomic E-state index is 0.359. The minimum Gasteiger partial charge on any atom is -0.473 e. The first-order valence-corrected chi connectivity index (χ1v) is 5.23. The van der Waals surface area contributed by atoms with Gasteiger partial charge in [-0.15, -0.1) is 0 Å². The third-order valence-electron chi connectivity index (χ3n) is 0.845. The van der Waals surface area contributed by atoms with Gasteiger partial charge in [0.15, 0.2) is 0 Å². The molecule has 64 valence electrons. The summed E-state index contributed by atoms with van der Waals surface area (Å²) in [5.74, 6) is 0. The fourth-order valence-electron chi connectivity index (χ4n) is 0.353. The Morgan fingerprint density at radius 1 is 1.00 bits per heavy atom. The Morgan fingerprint density at radius 2 is 1.36 bits per heavy atom. The molecule has 0 heterocycles. The second-order valence-electron chi connectivity index (χ2n) is 2.15. The maximum absolute atomic E-state index is 5.03. The summed E-state index contributed by atoms with van der Waals surface area (Å²) in [6.45, 7) is 4.05. The van der Waals surface area contributed by atoms with Gasteiger partial charge in [0.05, 0.1) is 12.5 Å². The predicted molar refractivity (Wildman–Crippen MR) is 56.1 cm³/mol. The van der Waals surface area contributed by atoms with Crippen molar-refractivity contribution < 1.29 is 4.74 Å². The third kappa shape index (κ3) is 10.2. The van der Waals surface area contributed by atoms with E-state index in [1.807, 2.05) is 26.0 Å². The van der Waals surface area contributed by atoms with Crippen molar-refractivity contribution in [2.75, 3.05) is 0 Å². The Balaban J connectivity index is 3.41. The van der Waals surface area contributed by atoms with Gasteiger partial charge in [0.2, 0.25) is 0 Å². The number of hydrogen-bond acceptors (Lipinski definition) is 1. The Kier molecular flexibility index (Phi) is 7.07. The van der Waals surface area contributed by atoms with Gasteiger partial charge in [0.25, 0.3) is 0 Å². The second-order valence-corrected chi connectivity index (χ2v) is 5.04. The van der Waals surface area contributed by atoms with Gasteiger partial charge in [-0.25, -0.2) is 0 Å². The largest absolute Gasteiger partial charge is 0.473 e. The molecular weight excluding hydrogens is 272 g/mol. The van der Waals surface area contributed by atoms with Crippen molar-refractivity contribution in [1.29, 1.82) is 0 Å². The zero-order chi connectivity index (χ0) is 8.69. The van der Waals surface area contributed by atoms with E-state index in [9.17, 15) is 0 Å².